The summed E-state index contributed by atoms with van der Waals surface area (Å²) in [4.78, 5) is 12.8. The molecule has 4 nitrogen and oxygen atoms in total. The standard InChI is InChI=1S/C21H22N2O2S/c1-12-8-6-7-9-17(12)20-22-23-21(25-20)26-11-18(24)19-15(4)13(2)10-14(3)16(19)5/h6-10H,11H2,1-5H3. The number of benzene rings is 2. The van der Waals surface area contributed by atoms with E-state index in [0.29, 0.717) is 11.1 Å². The van der Waals surface area contributed by atoms with Gasteiger partial charge < -0.3 is 4.42 Å². The van der Waals surface area contributed by atoms with Gasteiger partial charge in [0.25, 0.3) is 5.22 Å². The monoisotopic (exact) mass is 366 g/mol. The lowest BCUT2D eigenvalue weighted by atomic mass is 9.92. The Labute approximate surface area is 158 Å². The number of carbonyl (C=O) groups excluding carboxylic acids is 1. The second-order valence-electron chi connectivity index (χ2n) is 6.54. The average Bonchev–Trinajstić information content (AvgIpc) is 3.07. The van der Waals surface area contributed by atoms with Gasteiger partial charge in [0.1, 0.15) is 0 Å². The first kappa shape index (κ1) is 18.4. The summed E-state index contributed by atoms with van der Waals surface area (Å²) < 4.78 is 5.73. The number of hydrogen-bond donors (Lipinski definition) is 0. The number of aryl methyl sites for hydroxylation is 3. The molecule has 0 saturated carbocycles. The summed E-state index contributed by atoms with van der Waals surface area (Å²) in [5.41, 5.74) is 7.18. The van der Waals surface area contributed by atoms with E-state index in [1.165, 1.54) is 11.8 Å². The van der Waals surface area contributed by atoms with Crippen molar-refractivity contribution in [3.05, 3.63) is 63.7 Å². The molecule has 1 aromatic heterocycles. The zero-order chi connectivity index (χ0) is 18.8. The van der Waals surface area contributed by atoms with E-state index in [2.05, 4.69) is 16.3 Å². The number of thioether (sulfide) groups is 1. The molecule has 3 rings (SSSR count). The summed E-state index contributed by atoms with van der Waals surface area (Å²) in [6, 6.07) is 9.99. The predicted octanol–water partition coefficient (Wildman–Crippen LogP) is 5.25. The molecule has 0 spiro atoms. The maximum atomic E-state index is 12.8. The number of aromatic nitrogens is 2. The quantitative estimate of drug-likeness (QED) is 0.456. The molecule has 3 aromatic rings. The first-order valence-electron chi connectivity index (χ1n) is 8.51. The number of nitrogens with zero attached hydrogens (tertiary/aromatic N) is 2. The topological polar surface area (TPSA) is 56.0 Å². The zero-order valence-corrected chi connectivity index (χ0v) is 16.5. The Kier molecular flexibility index (Phi) is 5.28. The van der Waals surface area contributed by atoms with E-state index in [1.54, 1.807) is 0 Å². The highest BCUT2D eigenvalue weighted by atomic mass is 32.2. The van der Waals surface area contributed by atoms with E-state index in [-0.39, 0.29) is 11.5 Å². The summed E-state index contributed by atoms with van der Waals surface area (Å²) >= 11 is 1.28. The first-order chi connectivity index (χ1) is 12.4. The van der Waals surface area contributed by atoms with Crippen molar-refractivity contribution in [2.45, 2.75) is 39.8 Å². The Hall–Kier alpha value is -2.40. The molecular weight excluding hydrogens is 344 g/mol. The molecule has 2 aromatic carbocycles. The number of Topliss-reactive ketones (excluding diaryl/α,β-unsaturated/α-hetero) is 1. The molecule has 0 aliphatic carbocycles. The molecule has 0 N–H and O–H groups in total. The van der Waals surface area contributed by atoms with Crippen LogP contribution >= 0.6 is 11.8 Å². The average molecular weight is 366 g/mol. The van der Waals surface area contributed by atoms with Crippen LogP contribution in [-0.4, -0.2) is 21.7 Å². The molecule has 0 unspecified atom stereocenters. The number of ketones is 1. The van der Waals surface area contributed by atoms with Crippen molar-refractivity contribution in [2.24, 2.45) is 0 Å². The first-order valence-corrected chi connectivity index (χ1v) is 9.50. The number of rotatable bonds is 5. The Morgan fingerprint density at radius 2 is 1.62 bits per heavy atom. The van der Waals surface area contributed by atoms with E-state index >= 15 is 0 Å². The third-order valence-corrected chi connectivity index (χ3v) is 5.57. The van der Waals surface area contributed by atoms with Gasteiger partial charge in [-0.1, -0.05) is 36.0 Å². The van der Waals surface area contributed by atoms with Gasteiger partial charge in [0.2, 0.25) is 5.89 Å². The van der Waals surface area contributed by atoms with Crippen LogP contribution < -0.4 is 0 Å². The molecule has 0 amide bonds. The van der Waals surface area contributed by atoms with Gasteiger partial charge >= 0.3 is 0 Å². The number of carbonyl (C=O) groups is 1. The maximum Gasteiger partial charge on any atom is 0.277 e. The Morgan fingerprint density at radius 3 is 2.27 bits per heavy atom. The summed E-state index contributed by atoms with van der Waals surface area (Å²) in [6.07, 6.45) is 0. The van der Waals surface area contributed by atoms with Gasteiger partial charge in [-0.15, -0.1) is 10.2 Å². The SMILES string of the molecule is Cc1ccccc1-c1nnc(SCC(=O)c2c(C)c(C)cc(C)c2C)o1. The highest BCUT2D eigenvalue weighted by molar-refractivity contribution is 7.99. The molecule has 0 aliphatic heterocycles. The lowest BCUT2D eigenvalue weighted by Crippen LogP contribution is -2.10. The highest BCUT2D eigenvalue weighted by Gasteiger charge is 2.18. The smallest absolute Gasteiger partial charge is 0.277 e. The fourth-order valence-corrected chi connectivity index (χ4v) is 3.66. The molecule has 0 aliphatic rings. The molecule has 0 saturated heterocycles. The third kappa shape index (κ3) is 3.58. The van der Waals surface area contributed by atoms with Gasteiger partial charge in [-0.2, -0.15) is 0 Å². The van der Waals surface area contributed by atoms with Gasteiger partial charge in [-0.05, 0) is 68.5 Å². The van der Waals surface area contributed by atoms with Crippen LogP contribution in [0.5, 0.6) is 0 Å². The molecule has 0 bridgehead atoms. The summed E-state index contributed by atoms with van der Waals surface area (Å²) in [7, 11) is 0. The van der Waals surface area contributed by atoms with Crippen molar-refractivity contribution in [2.75, 3.05) is 5.75 Å². The fourth-order valence-electron chi connectivity index (χ4n) is 3.02. The Morgan fingerprint density at radius 1 is 0.962 bits per heavy atom. The minimum absolute atomic E-state index is 0.0902. The summed E-state index contributed by atoms with van der Waals surface area (Å²) in [5.74, 6) is 0.851. The van der Waals surface area contributed by atoms with Gasteiger partial charge in [0, 0.05) is 11.1 Å². The van der Waals surface area contributed by atoms with Crippen LogP contribution in [0.2, 0.25) is 0 Å². The highest BCUT2D eigenvalue weighted by Crippen LogP contribution is 2.27. The van der Waals surface area contributed by atoms with Crippen LogP contribution in [0.3, 0.4) is 0 Å². The van der Waals surface area contributed by atoms with Gasteiger partial charge in [0.15, 0.2) is 5.78 Å². The Balaban J connectivity index is 1.77. The zero-order valence-electron chi connectivity index (χ0n) is 15.7. The molecule has 0 radical (unpaired) electrons. The Bertz CT molecular complexity index is 950. The molecule has 5 heteroatoms. The predicted molar refractivity (Wildman–Crippen MR) is 105 cm³/mol. The van der Waals surface area contributed by atoms with Crippen molar-refractivity contribution in [3.63, 3.8) is 0 Å². The van der Waals surface area contributed by atoms with Crippen molar-refractivity contribution in [3.8, 4) is 11.5 Å². The molecule has 26 heavy (non-hydrogen) atoms. The second kappa shape index (κ2) is 7.46. The van der Waals surface area contributed by atoms with E-state index in [1.807, 2.05) is 58.9 Å². The van der Waals surface area contributed by atoms with Crippen LogP contribution in [0.15, 0.2) is 40.0 Å². The van der Waals surface area contributed by atoms with Crippen molar-refractivity contribution in [1.29, 1.82) is 0 Å². The van der Waals surface area contributed by atoms with E-state index in [4.69, 9.17) is 4.42 Å². The van der Waals surface area contributed by atoms with E-state index in [0.717, 1.165) is 38.9 Å². The maximum absolute atomic E-state index is 12.8. The third-order valence-electron chi connectivity index (χ3n) is 4.75. The van der Waals surface area contributed by atoms with Crippen molar-refractivity contribution >= 4 is 17.5 Å². The van der Waals surface area contributed by atoms with Crippen LogP contribution in [0.1, 0.15) is 38.2 Å². The molecule has 134 valence electrons. The van der Waals surface area contributed by atoms with Gasteiger partial charge in [-0.3, -0.25) is 4.79 Å². The molecule has 1 heterocycles. The van der Waals surface area contributed by atoms with Gasteiger partial charge in [-0.25, -0.2) is 0 Å². The summed E-state index contributed by atoms with van der Waals surface area (Å²) in [6.45, 7) is 10.1. The van der Waals surface area contributed by atoms with Crippen LogP contribution in [0.25, 0.3) is 11.5 Å². The summed E-state index contributed by atoms with van der Waals surface area (Å²) in [5, 5.41) is 8.60. The van der Waals surface area contributed by atoms with Crippen molar-refractivity contribution < 1.29 is 9.21 Å². The number of hydrogen-bond acceptors (Lipinski definition) is 5. The fraction of sp³-hybridized carbons (Fsp3) is 0.286. The normalized spacial score (nSPS) is 11.0. The van der Waals surface area contributed by atoms with Crippen molar-refractivity contribution in [1.82, 2.24) is 10.2 Å². The van der Waals surface area contributed by atoms with Crippen LogP contribution in [0.4, 0.5) is 0 Å². The van der Waals surface area contributed by atoms with Crippen LogP contribution in [-0.2, 0) is 0 Å². The molecule has 0 fully saturated rings. The minimum atomic E-state index is 0.0902. The molecular formula is C21H22N2O2S. The van der Waals surface area contributed by atoms with Gasteiger partial charge in [0.05, 0.1) is 5.75 Å². The lowest BCUT2D eigenvalue weighted by molar-refractivity contribution is 0.102. The largest absolute Gasteiger partial charge is 0.411 e. The minimum Gasteiger partial charge on any atom is -0.411 e. The van der Waals surface area contributed by atoms with Crippen LogP contribution in [0, 0.1) is 34.6 Å². The lowest BCUT2D eigenvalue weighted by Gasteiger charge is -2.13. The second-order valence-corrected chi connectivity index (χ2v) is 7.46. The van der Waals surface area contributed by atoms with E-state index < -0.39 is 0 Å². The van der Waals surface area contributed by atoms with E-state index in [9.17, 15) is 4.79 Å². The molecule has 0 atom stereocenters.